The Labute approximate surface area is 127 Å². The van der Waals surface area contributed by atoms with Crippen LogP contribution in [0.25, 0.3) is 11.3 Å². The highest BCUT2D eigenvalue weighted by molar-refractivity contribution is 6.30. The number of aromatic nitrogens is 1. The van der Waals surface area contributed by atoms with Crippen molar-refractivity contribution >= 4 is 17.6 Å². The van der Waals surface area contributed by atoms with Crippen molar-refractivity contribution in [2.75, 3.05) is 6.54 Å². The average molecular weight is 307 g/mol. The number of oxazole rings is 1. The highest BCUT2D eigenvalue weighted by Gasteiger charge is 2.31. The third kappa shape index (κ3) is 3.62. The van der Waals surface area contributed by atoms with Crippen molar-refractivity contribution in [1.82, 2.24) is 9.88 Å². The largest absolute Gasteiger partial charge is 0.480 e. The molecule has 0 amide bonds. The van der Waals surface area contributed by atoms with Gasteiger partial charge in [0.05, 0.1) is 19.3 Å². The molecule has 0 saturated heterocycles. The van der Waals surface area contributed by atoms with E-state index in [1.165, 1.54) is 0 Å². The summed E-state index contributed by atoms with van der Waals surface area (Å²) in [6, 6.07) is 7.65. The molecule has 0 radical (unpaired) electrons. The first-order valence-corrected chi connectivity index (χ1v) is 7.16. The van der Waals surface area contributed by atoms with Crippen LogP contribution >= 0.6 is 11.6 Å². The molecule has 1 N–H and O–H groups in total. The van der Waals surface area contributed by atoms with Crippen molar-refractivity contribution in [2.45, 2.75) is 25.4 Å². The summed E-state index contributed by atoms with van der Waals surface area (Å²) in [5.41, 5.74) is 0.898. The summed E-state index contributed by atoms with van der Waals surface area (Å²) in [6.07, 6.45) is 3.74. The Balaban J connectivity index is 1.72. The van der Waals surface area contributed by atoms with E-state index in [4.69, 9.17) is 21.1 Å². The number of carboxylic acids is 1. The van der Waals surface area contributed by atoms with Gasteiger partial charge in [0.15, 0.2) is 5.76 Å². The highest BCUT2D eigenvalue weighted by Crippen LogP contribution is 2.29. The SMILES string of the molecule is O=C(O)CN(Cc1ncc(-c2ccc(Cl)cc2)o1)C1CC1. The lowest BCUT2D eigenvalue weighted by molar-refractivity contribution is -0.138. The van der Waals surface area contributed by atoms with Gasteiger partial charge in [0.25, 0.3) is 0 Å². The summed E-state index contributed by atoms with van der Waals surface area (Å²) in [5.74, 6) is 0.368. The average Bonchev–Trinajstić information content (AvgIpc) is 3.19. The maximum Gasteiger partial charge on any atom is 0.317 e. The second-order valence-corrected chi connectivity index (χ2v) is 5.59. The lowest BCUT2D eigenvalue weighted by atomic mass is 10.2. The van der Waals surface area contributed by atoms with Crippen molar-refractivity contribution in [2.24, 2.45) is 0 Å². The van der Waals surface area contributed by atoms with Gasteiger partial charge >= 0.3 is 5.97 Å². The molecule has 1 aromatic heterocycles. The van der Waals surface area contributed by atoms with Crippen LogP contribution in [-0.2, 0) is 11.3 Å². The smallest absolute Gasteiger partial charge is 0.317 e. The predicted molar refractivity (Wildman–Crippen MR) is 78.0 cm³/mol. The van der Waals surface area contributed by atoms with E-state index in [2.05, 4.69) is 4.98 Å². The fourth-order valence-corrected chi connectivity index (χ4v) is 2.36. The molecule has 0 spiro atoms. The summed E-state index contributed by atoms with van der Waals surface area (Å²) in [7, 11) is 0. The fourth-order valence-electron chi connectivity index (χ4n) is 2.23. The Bertz CT molecular complexity index is 635. The van der Waals surface area contributed by atoms with Gasteiger partial charge in [0.1, 0.15) is 0 Å². The van der Waals surface area contributed by atoms with Crippen LogP contribution in [0.4, 0.5) is 0 Å². The number of nitrogens with zero attached hydrogens (tertiary/aromatic N) is 2. The van der Waals surface area contributed by atoms with E-state index in [0.717, 1.165) is 18.4 Å². The van der Waals surface area contributed by atoms with Crippen LogP contribution in [0.3, 0.4) is 0 Å². The van der Waals surface area contributed by atoms with Crippen LogP contribution in [0.5, 0.6) is 0 Å². The van der Waals surface area contributed by atoms with Gasteiger partial charge in [0.2, 0.25) is 5.89 Å². The maximum atomic E-state index is 10.9. The van der Waals surface area contributed by atoms with Crippen molar-refractivity contribution < 1.29 is 14.3 Å². The number of hydrogen-bond donors (Lipinski definition) is 1. The predicted octanol–water partition coefficient (Wildman–Crippen LogP) is 3.04. The second kappa shape index (κ2) is 5.87. The van der Waals surface area contributed by atoms with E-state index < -0.39 is 5.97 Å². The Morgan fingerprint density at radius 2 is 2.10 bits per heavy atom. The van der Waals surface area contributed by atoms with E-state index in [9.17, 15) is 4.79 Å². The van der Waals surface area contributed by atoms with E-state index in [1.807, 2.05) is 17.0 Å². The number of aliphatic carboxylic acids is 1. The molecule has 0 bridgehead atoms. The fraction of sp³-hybridized carbons (Fsp3) is 0.333. The van der Waals surface area contributed by atoms with E-state index in [-0.39, 0.29) is 6.54 Å². The number of carbonyl (C=O) groups is 1. The molecule has 0 atom stereocenters. The molecule has 1 fully saturated rings. The van der Waals surface area contributed by atoms with Crippen molar-refractivity contribution in [3.63, 3.8) is 0 Å². The number of hydrogen-bond acceptors (Lipinski definition) is 4. The summed E-state index contributed by atoms with van der Waals surface area (Å²) >= 11 is 5.85. The molecular weight excluding hydrogens is 292 g/mol. The van der Waals surface area contributed by atoms with Crippen LogP contribution < -0.4 is 0 Å². The topological polar surface area (TPSA) is 66.6 Å². The lowest BCUT2D eigenvalue weighted by Gasteiger charge is -2.17. The number of rotatable bonds is 6. The molecule has 1 heterocycles. The summed E-state index contributed by atoms with van der Waals surface area (Å²) < 4.78 is 5.71. The Morgan fingerprint density at radius 3 is 2.71 bits per heavy atom. The Morgan fingerprint density at radius 1 is 1.38 bits per heavy atom. The third-order valence-electron chi connectivity index (χ3n) is 3.42. The van der Waals surface area contributed by atoms with Gasteiger partial charge in [-0.25, -0.2) is 4.98 Å². The summed E-state index contributed by atoms with van der Waals surface area (Å²) in [4.78, 5) is 17.0. The quantitative estimate of drug-likeness (QED) is 0.888. The second-order valence-electron chi connectivity index (χ2n) is 5.16. The maximum absolute atomic E-state index is 10.9. The van der Waals surface area contributed by atoms with Gasteiger partial charge in [0, 0.05) is 16.6 Å². The zero-order valence-corrected chi connectivity index (χ0v) is 12.1. The van der Waals surface area contributed by atoms with Gasteiger partial charge in [-0.2, -0.15) is 0 Å². The first-order chi connectivity index (χ1) is 10.1. The first kappa shape index (κ1) is 14.1. The molecule has 0 aliphatic heterocycles. The number of benzene rings is 1. The van der Waals surface area contributed by atoms with Crippen LogP contribution in [0.1, 0.15) is 18.7 Å². The van der Waals surface area contributed by atoms with Crippen LogP contribution in [0.15, 0.2) is 34.9 Å². The van der Waals surface area contributed by atoms with E-state index in [0.29, 0.717) is 29.3 Å². The number of carboxylic acid groups (broad SMARTS) is 1. The molecule has 6 heteroatoms. The summed E-state index contributed by atoms with van der Waals surface area (Å²) in [5, 5.41) is 9.61. The van der Waals surface area contributed by atoms with Crippen LogP contribution in [-0.4, -0.2) is 33.5 Å². The first-order valence-electron chi connectivity index (χ1n) is 6.78. The Kier molecular flexibility index (Phi) is 3.94. The highest BCUT2D eigenvalue weighted by atomic mass is 35.5. The molecule has 2 aromatic rings. The normalized spacial score (nSPS) is 14.6. The molecule has 110 valence electrons. The third-order valence-corrected chi connectivity index (χ3v) is 3.67. The molecule has 21 heavy (non-hydrogen) atoms. The zero-order valence-electron chi connectivity index (χ0n) is 11.3. The molecular formula is C15H15ClN2O3. The van der Waals surface area contributed by atoms with Gasteiger partial charge in [-0.1, -0.05) is 11.6 Å². The molecule has 3 rings (SSSR count). The van der Waals surface area contributed by atoms with Gasteiger partial charge in [-0.3, -0.25) is 9.69 Å². The van der Waals surface area contributed by atoms with Crippen LogP contribution in [0, 0.1) is 0 Å². The zero-order chi connectivity index (χ0) is 14.8. The standard InChI is InChI=1S/C15H15ClN2O3/c16-11-3-1-10(2-4-11)13-7-17-14(21-13)8-18(9-15(19)20)12-5-6-12/h1-4,7,12H,5-6,8-9H2,(H,19,20). The van der Waals surface area contributed by atoms with Crippen molar-refractivity contribution in [3.05, 3.63) is 41.4 Å². The van der Waals surface area contributed by atoms with Gasteiger partial charge < -0.3 is 9.52 Å². The van der Waals surface area contributed by atoms with Gasteiger partial charge in [-0.05, 0) is 37.1 Å². The minimum atomic E-state index is -0.827. The molecule has 1 aromatic carbocycles. The molecule has 0 unspecified atom stereocenters. The van der Waals surface area contributed by atoms with Crippen molar-refractivity contribution in [1.29, 1.82) is 0 Å². The van der Waals surface area contributed by atoms with Crippen molar-refractivity contribution in [3.8, 4) is 11.3 Å². The summed E-state index contributed by atoms with van der Waals surface area (Å²) in [6.45, 7) is 0.438. The lowest BCUT2D eigenvalue weighted by Crippen LogP contribution is -2.31. The van der Waals surface area contributed by atoms with Gasteiger partial charge in [-0.15, -0.1) is 0 Å². The molecule has 1 saturated carbocycles. The monoisotopic (exact) mass is 306 g/mol. The molecule has 1 aliphatic carbocycles. The Hall–Kier alpha value is -1.85. The molecule has 5 nitrogen and oxygen atoms in total. The minimum Gasteiger partial charge on any atom is -0.480 e. The molecule has 1 aliphatic rings. The van der Waals surface area contributed by atoms with E-state index in [1.54, 1.807) is 18.3 Å². The number of halogens is 1. The van der Waals surface area contributed by atoms with E-state index >= 15 is 0 Å². The minimum absolute atomic E-state index is 0.0172. The van der Waals surface area contributed by atoms with Crippen LogP contribution in [0.2, 0.25) is 5.02 Å².